The van der Waals surface area contributed by atoms with Crippen LogP contribution < -0.4 is 9.80 Å². The van der Waals surface area contributed by atoms with E-state index in [2.05, 4.69) is 10.00 Å². The minimum absolute atomic E-state index is 0.827. The lowest BCUT2D eigenvalue weighted by atomic mass is 10.2. The van der Waals surface area contributed by atoms with Crippen molar-refractivity contribution in [1.82, 2.24) is 9.78 Å². The van der Waals surface area contributed by atoms with Gasteiger partial charge in [-0.25, -0.2) is 0 Å². The molecule has 2 rings (SSSR count). The average Bonchev–Trinajstić information content (AvgIpc) is 2.89. The number of rotatable bonds is 6. The van der Waals surface area contributed by atoms with E-state index in [1.165, 1.54) is 5.56 Å². The van der Waals surface area contributed by atoms with Crippen molar-refractivity contribution in [2.75, 3.05) is 30.4 Å². The number of aryl methyl sites for hydroxylation is 1. The van der Waals surface area contributed by atoms with Crippen LogP contribution in [-0.2, 0) is 18.3 Å². The third-order valence-electron chi connectivity index (χ3n) is 3.33. The van der Waals surface area contributed by atoms with Gasteiger partial charge < -0.3 is 9.80 Å². The number of benzene rings is 1. The first-order valence-corrected chi connectivity index (χ1v) is 6.57. The molecule has 0 unspecified atom stereocenters. The van der Waals surface area contributed by atoms with E-state index in [1.54, 1.807) is 11.9 Å². The van der Waals surface area contributed by atoms with E-state index in [4.69, 9.17) is 0 Å². The fraction of sp³-hybridized carbons (Fsp3) is 0.333. The number of anilines is 2. The van der Waals surface area contributed by atoms with Gasteiger partial charge in [0.05, 0.1) is 17.6 Å². The third-order valence-corrected chi connectivity index (χ3v) is 3.33. The summed E-state index contributed by atoms with van der Waals surface area (Å²) in [7, 11) is 5.72. The first-order chi connectivity index (χ1) is 9.61. The molecule has 0 atom stereocenters. The molecule has 0 bridgehead atoms. The van der Waals surface area contributed by atoms with Crippen LogP contribution in [0.5, 0.6) is 0 Å². The van der Waals surface area contributed by atoms with Gasteiger partial charge in [-0.1, -0.05) is 12.1 Å². The summed E-state index contributed by atoms with van der Waals surface area (Å²) in [6.45, 7) is 0.870. The van der Waals surface area contributed by atoms with Gasteiger partial charge in [0.1, 0.15) is 0 Å². The van der Waals surface area contributed by atoms with Gasteiger partial charge in [-0.3, -0.25) is 9.48 Å². The molecule has 0 radical (unpaired) electrons. The predicted octanol–water partition coefficient (Wildman–Crippen LogP) is 1.69. The number of nitrogens with zero attached hydrogens (tertiary/aromatic N) is 4. The first kappa shape index (κ1) is 14.1. The number of para-hydroxylation sites is 2. The number of carbonyl (C=O) groups excluding carboxylic acids is 1. The fourth-order valence-corrected chi connectivity index (χ4v) is 2.16. The summed E-state index contributed by atoms with van der Waals surface area (Å²) in [6.07, 6.45) is 5.66. The van der Waals surface area contributed by atoms with Crippen LogP contribution in [0.4, 0.5) is 11.4 Å². The van der Waals surface area contributed by atoms with E-state index in [0.29, 0.717) is 0 Å². The fourth-order valence-electron chi connectivity index (χ4n) is 2.16. The molecule has 0 fully saturated rings. The Labute approximate surface area is 119 Å². The predicted molar refractivity (Wildman–Crippen MR) is 81.1 cm³/mol. The van der Waals surface area contributed by atoms with Gasteiger partial charge in [0.15, 0.2) is 0 Å². The van der Waals surface area contributed by atoms with Crippen molar-refractivity contribution < 1.29 is 4.79 Å². The molecule has 0 aliphatic heterocycles. The van der Waals surface area contributed by atoms with Crippen LogP contribution in [-0.4, -0.2) is 36.8 Å². The highest BCUT2D eigenvalue weighted by Gasteiger charge is 2.10. The van der Waals surface area contributed by atoms with Crippen molar-refractivity contribution in [3.05, 3.63) is 42.2 Å². The van der Waals surface area contributed by atoms with Crippen molar-refractivity contribution in [3.8, 4) is 0 Å². The molecule has 1 aromatic heterocycles. The maximum atomic E-state index is 11.0. The van der Waals surface area contributed by atoms with Crippen molar-refractivity contribution in [2.24, 2.45) is 7.05 Å². The van der Waals surface area contributed by atoms with Crippen LogP contribution in [0.2, 0.25) is 0 Å². The molecule has 0 spiro atoms. The molecule has 0 aliphatic carbocycles. The Balaban J connectivity index is 2.08. The molecule has 1 aromatic carbocycles. The monoisotopic (exact) mass is 272 g/mol. The van der Waals surface area contributed by atoms with Crippen molar-refractivity contribution in [3.63, 3.8) is 0 Å². The molecule has 0 saturated heterocycles. The Morgan fingerprint density at radius 1 is 1.25 bits per heavy atom. The average molecular weight is 272 g/mol. The van der Waals surface area contributed by atoms with Gasteiger partial charge in [-0.2, -0.15) is 5.10 Å². The maximum absolute atomic E-state index is 11.0. The summed E-state index contributed by atoms with van der Waals surface area (Å²) in [6, 6.07) is 7.90. The first-order valence-electron chi connectivity index (χ1n) is 6.57. The highest BCUT2D eigenvalue weighted by molar-refractivity contribution is 5.83. The lowest BCUT2D eigenvalue weighted by molar-refractivity contribution is -0.107. The lowest BCUT2D eigenvalue weighted by Gasteiger charge is -2.24. The van der Waals surface area contributed by atoms with Gasteiger partial charge in [0.2, 0.25) is 6.41 Å². The minimum Gasteiger partial charge on any atom is -0.373 e. The van der Waals surface area contributed by atoms with Crippen LogP contribution in [0.1, 0.15) is 5.56 Å². The molecule has 0 N–H and O–H groups in total. The van der Waals surface area contributed by atoms with Crippen LogP contribution in [0.3, 0.4) is 0 Å². The molecular weight excluding hydrogens is 252 g/mol. The molecule has 0 aliphatic rings. The molecule has 2 aromatic rings. The maximum Gasteiger partial charge on any atom is 0.213 e. The van der Waals surface area contributed by atoms with Gasteiger partial charge in [0, 0.05) is 33.9 Å². The van der Waals surface area contributed by atoms with Gasteiger partial charge in [-0.15, -0.1) is 0 Å². The summed E-state index contributed by atoms with van der Waals surface area (Å²) in [5.41, 5.74) is 3.17. The van der Waals surface area contributed by atoms with E-state index in [0.717, 1.165) is 30.8 Å². The molecule has 5 nitrogen and oxygen atoms in total. The second kappa shape index (κ2) is 6.23. The van der Waals surface area contributed by atoms with E-state index in [1.807, 2.05) is 55.4 Å². The second-order valence-corrected chi connectivity index (χ2v) is 4.90. The Bertz CT molecular complexity index is 579. The Morgan fingerprint density at radius 2 is 1.95 bits per heavy atom. The van der Waals surface area contributed by atoms with Crippen molar-refractivity contribution >= 4 is 17.8 Å². The second-order valence-electron chi connectivity index (χ2n) is 4.90. The summed E-state index contributed by atoms with van der Waals surface area (Å²) in [4.78, 5) is 14.7. The molecular formula is C15H20N4O. The number of aromatic nitrogens is 2. The lowest BCUT2D eigenvalue weighted by Crippen LogP contribution is -2.24. The normalized spacial score (nSPS) is 10.3. The number of hydrogen-bond acceptors (Lipinski definition) is 3. The summed E-state index contributed by atoms with van der Waals surface area (Å²) < 4.78 is 1.81. The molecule has 1 heterocycles. The highest BCUT2D eigenvalue weighted by atomic mass is 16.1. The van der Waals surface area contributed by atoms with Crippen molar-refractivity contribution in [2.45, 2.75) is 6.42 Å². The molecule has 5 heteroatoms. The third kappa shape index (κ3) is 3.17. The number of likely N-dealkylation sites (N-methyl/N-ethyl adjacent to an activating group) is 1. The topological polar surface area (TPSA) is 41.4 Å². The summed E-state index contributed by atoms with van der Waals surface area (Å²) >= 11 is 0. The standard InChI is InChI=1S/C15H20N4O/c1-17(9-8-13-10-16-19(3)11-13)14-6-4-5-7-15(14)18(2)12-20/h4-7,10-12H,8-9H2,1-3H3. The number of carbonyl (C=O) groups is 1. The van der Waals surface area contributed by atoms with E-state index in [-0.39, 0.29) is 0 Å². The van der Waals surface area contributed by atoms with E-state index in [9.17, 15) is 4.79 Å². The van der Waals surface area contributed by atoms with Gasteiger partial charge in [0.25, 0.3) is 0 Å². The Morgan fingerprint density at radius 3 is 2.55 bits per heavy atom. The van der Waals surface area contributed by atoms with Crippen molar-refractivity contribution in [1.29, 1.82) is 0 Å². The van der Waals surface area contributed by atoms with Crippen LogP contribution >= 0.6 is 0 Å². The molecule has 0 saturated carbocycles. The zero-order valence-corrected chi connectivity index (χ0v) is 12.2. The zero-order valence-electron chi connectivity index (χ0n) is 12.2. The molecule has 106 valence electrons. The minimum atomic E-state index is 0.827. The Kier molecular flexibility index (Phi) is 4.40. The summed E-state index contributed by atoms with van der Waals surface area (Å²) in [5.74, 6) is 0. The van der Waals surface area contributed by atoms with Gasteiger partial charge >= 0.3 is 0 Å². The summed E-state index contributed by atoms with van der Waals surface area (Å²) in [5, 5.41) is 4.17. The highest BCUT2D eigenvalue weighted by Crippen LogP contribution is 2.26. The number of amides is 1. The molecule has 20 heavy (non-hydrogen) atoms. The van der Waals surface area contributed by atoms with Crippen LogP contribution in [0.25, 0.3) is 0 Å². The molecule has 1 amide bonds. The van der Waals surface area contributed by atoms with E-state index < -0.39 is 0 Å². The van der Waals surface area contributed by atoms with Crippen LogP contribution in [0.15, 0.2) is 36.7 Å². The SMILES string of the molecule is CN(C=O)c1ccccc1N(C)CCc1cnn(C)c1. The quantitative estimate of drug-likeness (QED) is 0.751. The Hall–Kier alpha value is -2.30. The number of hydrogen-bond donors (Lipinski definition) is 0. The largest absolute Gasteiger partial charge is 0.373 e. The smallest absolute Gasteiger partial charge is 0.213 e. The van der Waals surface area contributed by atoms with E-state index >= 15 is 0 Å². The zero-order chi connectivity index (χ0) is 14.5. The van der Waals surface area contributed by atoms with Gasteiger partial charge in [-0.05, 0) is 24.1 Å². The van der Waals surface area contributed by atoms with Crippen LogP contribution in [0, 0.1) is 0 Å².